The third-order valence-electron chi connectivity index (χ3n) is 3.10. The molecule has 0 spiro atoms. The lowest BCUT2D eigenvalue weighted by atomic mass is 10.1. The van der Waals surface area contributed by atoms with E-state index in [0.29, 0.717) is 6.42 Å². The minimum atomic E-state index is -3.11. The molecule has 0 aromatic heterocycles. The molecule has 2 amide bonds. The van der Waals surface area contributed by atoms with Crippen molar-refractivity contribution in [2.45, 2.75) is 44.1 Å². The van der Waals surface area contributed by atoms with Crippen LogP contribution in [0.4, 0.5) is 13.6 Å². The normalized spacial score (nSPS) is 37.1. The molecule has 0 radical (unpaired) electrons. The molecule has 2 N–H and O–H groups in total. The van der Waals surface area contributed by atoms with Crippen LogP contribution in [0.3, 0.4) is 0 Å². The van der Waals surface area contributed by atoms with Crippen LogP contribution in [0.25, 0.3) is 0 Å². The lowest BCUT2D eigenvalue weighted by Crippen LogP contribution is -2.58. The number of carbonyl (C=O) groups is 1. The molecular weight excluding hydrogens is 234 g/mol. The molecule has 17 heavy (non-hydrogen) atoms. The van der Waals surface area contributed by atoms with Crippen molar-refractivity contribution in [1.29, 1.82) is 0 Å². The fraction of sp³-hybridized carbons (Fsp3) is 0.900. The van der Waals surface area contributed by atoms with Crippen LogP contribution in [-0.2, 0) is 4.74 Å². The third kappa shape index (κ3) is 2.35. The first kappa shape index (κ1) is 12.5. The van der Waals surface area contributed by atoms with Gasteiger partial charge in [-0.3, -0.25) is 4.90 Å². The number of ether oxygens (including phenoxy) is 1. The van der Waals surface area contributed by atoms with E-state index < -0.39 is 37.3 Å². The highest BCUT2D eigenvalue weighted by Crippen LogP contribution is 2.38. The molecule has 2 heterocycles. The average Bonchev–Trinajstić information content (AvgIpc) is 2.54. The number of halogens is 2. The molecule has 2 unspecified atom stereocenters. The van der Waals surface area contributed by atoms with Crippen LogP contribution in [0.2, 0.25) is 0 Å². The molecule has 2 rings (SSSR count). The largest absolute Gasteiger partial charge is 0.394 e. The van der Waals surface area contributed by atoms with Gasteiger partial charge in [0.15, 0.2) is 6.23 Å². The Morgan fingerprint density at radius 1 is 1.65 bits per heavy atom. The molecule has 98 valence electrons. The summed E-state index contributed by atoms with van der Waals surface area (Å²) >= 11 is 0. The number of hydrogen-bond acceptors (Lipinski definition) is 3. The fourth-order valence-corrected chi connectivity index (χ4v) is 2.17. The van der Waals surface area contributed by atoms with Crippen LogP contribution in [0.5, 0.6) is 0 Å². The van der Waals surface area contributed by atoms with Gasteiger partial charge in [0, 0.05) is 19.0 Å². The van der Waals surface area contributed by atoms with Crippen LogP contribution in [0, 0.1) is 0 Å². The van der Waals surface area contributed by atoms with E-state index >= 15 is 0 Å². The second-order valence-electron chi connectivity index (χ2n) is 4.59. The predicted octanol–water partition coefficient (Wildman–Crippen LogP) is 0.533. The summed E-state index contributed by atoms with van der Waals surface area (Å²) in [6.07, 6.45) is -2.41. The maximum atomic E-state index is 13.6. The van der Waals surface area contributed by atoms with Gasteiger partial charge in [-0.05, 0) is 13.3 Å². The molecule has 2 fully saturated rings. The van der Waals surface area contributed by atoms with Gasteiger partial charge in [-0.25, -0.2) is 13.6 Å². The van der Waals surface area contributed by atoms with E-state index in [9.17, 15) is 13.6 Å². The van der Waals surface area contributed by atoms with Crippen molar-refractivity contribution in [1.82, 2.24) is 10.2 Å². The van der Waals surface area contributed by atoms with Crippen LogP contribution in [0.1, 0.15) is 19.8 Å². The zero-order valence-electron chi connectivity index (χ0n) is 9.53. The SMILES string of the molecule is CC1CCN([C@@H]2OC(CO)CC2(F)F)C(=O)N1. The molecule has 5 nitrogen and oxygen atoms in total. The van der Waals surface area contributed by atoms with Gasteiger partial charge in [-0.1, -0.05) is 0 Å². The van der Waals surface area contributed by atoms with E-state index in [2.05, 4.69) is 5.32 Å². The molecule has 0 bridgehead atoms. The van der Waals surface area contributed by atoms with E-state index in [0.717, 1.165) is 4.90 Å². The molecule has 2 aliphatic heterocycles. The van der Waals surface area contributed by atoms with Crippen LogP contribution in [-0.4, -0.2) is 53.5 Å². The van der Waals surface area contributed by atoms with E-state index in [1.807, 2.05) is 6.92 Å². The first-order valence-electron chi connectivity index (χ1n) is 5.65. The number of aliphatic hydroxyl groups is 1. The molecule has 0 aromatic rings. The Morgan fingerprint density at radius 3 is 2.88 bits per heavy atom. The molecule has 2 aliphatic rings. The van der Waals surface area contributed by atoms with Gasteiger partial charge in [0.25, 0.3) is 5.92 Å². The summed E-state index contributed by atoms with van der Waals surface area (Å²) in [4.78, 5) is 12.6. The molecule has 0 saturated carbocycles. The Labute approximate surface area is 97.7 Å². The molecule has 3 atom stereocenters. The van der Waals surface area contributed by atoms with E-state index in [4.69, 9.17) is 9.84 Å². The lowest BCUT2D eigenvalue weighted by molar-refractivity contribution is -0.141. The second kappa shape index (κ2) is 4.38. The van der Waals surface area contributed by atoms with Crippen LogP contribution < -0.4 is 5.32 Å². The fourth-order valence-electron chi connectivity index (χ4n) is 2.17. The van der Waals surface area contributed by atoms with Crippen molar-refractivity contribution in [3.8, 4) is 0 Å². The van der Waals surface area contributed by atoms with E-state index in [1.54, 1.807) is 0 Å². The van der Waals surface area contributed by atoms with Gasteiger partial charge in [-0.2, -0.15) is 0 Å². The minimum absolute atomic E-state index is 0.0117. The predicted molar refractivity (Wildman–Crippen MR) is 54.6 cm³/mol. The highest BCUT2D eigenvalue weighted by Gasteiger charge is 2.54. The van der Waals surface area contributed by atoms with E-state index in [1.165, 1.54) is 0 Å². The van der Waals surface area contributed by atoms with Gasteiger partial charge >= 0.3 is 6.03 Å². The smallest absolute Gasteiger partial charge is 0.319 e. The monoisotopic (exact) mass is 250 g/mol. The van der Waals surface area contributed by atoms with E-state index in [-0.39, 0.29) is 12.6 Å². The summed E-state index contributed by atoms with van der Waals surface area (Å²) in [5.41, 5.74) is 0. The van der Waals surface area contributed by atoms with Gasteiger partial charge in [0.2, 0.25) is 0 Å². The standard InChI is InChI=1S/C10H16F2N2O3/c1-6-2-3-14(9(16)13-6)8-10(11,12)4-7(5-15)17-8/h6-8,15H,2-5H2,1H3,(H,13,16)/t6?,7?,8-/m1/s1. The molecule has 0 aliphatic carbocycles. The molecular formula is C10H16F2N2O3. The quantitative estimate of drug-likeness (QED) is 0.751. The summed E-state index contributed by atoms with van der Waals surface area (Å²) in [7, 11) is 0. The Bertz CT molecular complexity index is 314. The van der Waals surface area contributed by atoms with Crippen LogP contribution >= 0.6 is 0 Å². The first-order chi connectivity index (χ1) is 7.94. The third-order valence-corrected chi connectivity index (χ3v) is 3.10. The van der Waals surface area contributed by atoms with Crippen molar-refractivity contribution < 1.29 is 23.4 Å². The van der Waals surface area contributed by atoms with Crippen molar-refractivity contribution in [3.63, 3.8) is 0 Å². The summed E-state index contributed by atoms with van der Waals surface area (Å²) in [6, 6.07) is -0.547. The number of nitrogens with zero attached hydrogens (tertiary/aromatic N) is 1. The summed E-state index contributed by atoms with van der Waals surface area (Å²) in [5.74, 6) is -3.11. The number of carbonyl (C=O) groups excluding carboxylic acids is 1. The number of aliphatic hydroxyl groups excluding tert-OH is 1. The maximum absolute atomic E-state index is 13.6. The van der Waals surface area contributed by atoms with Crippen molar-refractivity contribution in [3.05, 3.63) is 0 Å². The Hall–Kier alpha value is -0.950. The highest BCUT2D eigenvalue weighted by molar-refractivity contribution is 5.75. The number of hydrogen-bond donors (Lipinski definition) is 2. The Morgan fingerprint density at radius 2 is 2.35 bits per heavy atom. The minimum Gasteiger partial charge on any atom is -0.394 e. The van der Waals surface area contributed by atoms with Gasteiger partial charge in [-0.15, -0.1) is 0 Å². The Kier molecular flexibility index (Phi) is 3.22. The molecule has 7 heteroatoms. The van der Waals surface area contributed by atoms with Crippen LogP contribution in [0.15, 0.2) is 0 Å². The zero-order chi connectivity index (χ0) is 12.6. The van der Waals surface area contributed by atoms with Crippen molar-refractivity contribution in [2.75, 3.05) is 13.2 Å². The number of urea groups is 1. The first-order valence-corrected chi connectivity index (χ1v) is 5.65. The summed E-state index contributed by atoms with van der Waals surface area (Å²) < 4.78 is 32.3. The number of nitrogens with one attached hydrogen (secondary N) is 1. The van der Waals surface area contributed by atoms with Gasteiger partial charge < -0.3 is 15.2 Å². The zero-order valence-corrected chi connectivity index (χ0v) is 9.53. The summed E-state index contributed by atoms with van der Waals surface area (Å²) in [6.45, 7) is 1.60. The van der Waals surface area contributed by atoms with Crippen molar-refractivity contribution in [2.24, 2.45) is 0 Å². The molecule has 2 saturated heterocycles. The van der Waals surface area contributed by atoms with Gasteiger partial charge in [0.1, 0.15) is 0 Å². The molecule has 0 aromatic carbocycles. The number of amides is 2. The lowest BCUT2D eigenvalue weighted by Gasteiger charge is -2.36. The number of alkyl halides is 2. The summed E-state index contributed by atoms with van der Waals surface area (Å²) in [5, 5.41) is 11.4. The topological polar surface area (TPSA) is 61.8 Å². The Balaban J connectivity index is 2.09. The second-order valence-corrected chi connectivity index (χ2v) is 4.59. The average molecular weight is 250 g/mol. The maximum Gasteiger partial charge on any atom is 0.319 e. The van der Waals surface area contributed by atoms with Crippen molar-refractivity contribution >= 4 is 6.03 Å². The highest BCUT2D eigenvalue weighted by atomic mass is 19.3. The van der Waals surface area contributed by atoms with Gasteiger partial charge in [0.05, 0.1) is 12.7 Å². The number of rotatable bonds is 2.